The lowest BCUT2D eigenvalue weighted by Crippen LogP contribution is -2.44. The molecule has 2 rings (SSSR count). The minimum Gasteiger partial charge on any atom is -0.324 e. The molecule has 0 unspecified atom stereocenters. The second kappa shape index (κ2) is 5.54. The quantitative estimate of drug-likeness (QED) is 0.761. The summed E-state index contributed by atoms with van der Waals surface area (Å²) in [6.45, 7) is 1.63. The van der Waals surface area contributed by atoms with Crippen LogP contribution >= 0.6 is 0 Å². The van der Waals surface area contributed by atoms with E-state index in [0.29, 0.717) is 11.3 Å². The van der Waals surface area contributed by atoms with Crippen LogP contribution in [0.2, 0.25) is 0 Å². The Morgan fingerprint density at radius 2 is 1.94 bits per heavy atom. The molecule has 0 bridgehead atoms. The maximum Gasteiger partial charge on any atom is 0.324 e. The molecule has 0 aliphatic carbocycles. The molecule has 0 saturated carbocycles. The van der Waals surface area contributed by atoms with Gasteiger partial charge in [-0.25, -0.2) is 4.79 Å². The molecule has 1 aliphatic rings. The van der Waals surface area contributed by atoms with Crippen molar-refractivity contribution in [3.63, 3.8) is 0 Å². The van der Waals surface area contributed by atoms with Gasteiger partial charge in [-0.05, 0) is 31.4 Å². The summed E-state index contributed by atoms with van der Waals surface area (Å²) in [5.41, 5.74) is 1.21. The highest BCUT2D eigenvalue weighted by Gasteiger charge is 2.22. The van der Waals surface area contributed by atoms with Gasteiger partial charge in [0, 0.05) is 20.1 Å². The molecule has 0 aromatic heterocycles. The number of hydrogen-bond donors (Lipinski definition) is 0. The van der Waals surface area contributed by atoms with Crippen molar-refractivity contribution in [1.82, 2.24) is 4.90 Å². The first-order valence-electron chi connectivity index (χ1n) is 6.26. The van der Waals surface area contributed by atoms with E-state index in [-0.39, 0.29) is 6.03 Å². The maximum absolute atomic E-state index is 12.3. The van der Waals surface area contributed by atoms with Gasteiger partial charge in [-0.1, -0.05) is 12.1 Å². The molecule has 1 aromatic rings. The van der Waals surface area contributed by atoms with E-state index >= 15 is 0 Å². The summed E-state index contributed by atoms with van der Waals surface area (Å²) >= 11 is 0. The third-order valence-corrected chi connectivity index (χ3v) is 3.30. The van der Waals surface area contributed by atoms with Gasteiger partial charge < -0.3 is 4.90 Å². The van der Waals surface area contributed by atoms with E-state index < -0.39 is 0 Å². The summed E-state index contributed by atoms with van der Waals surface area (Å²) in [6, 6.07) is 9.29. The van der Waals surface area contributed by atoms with E-state index in [1.165, 1.54) is 6.42 Å². The molecule has 1 aromatic carbocycles. The van der Waals surface area contributed by atoms with Crippen LogP contribution in [0, 0.1) is 11.3 Å². The summed E-state index contributed by atoms with van der Waals surface area (Å²) in [7, 11) is 1.73. The summed E-state index contributed by atoms with van der Waals surface area (Å²) in [5, 5.41) is 9.06. The second-order valence-corrected chi connectivity index (χ2v) is 4.52. The van der Waals surface area contributed by atoms with Gasteiger partial charge in [0.15, 0.2) is 0 Å². The Morgan fingerprint density at radius 3 is 2.61 bits per heavy atom. The average Bonchev–Trinajstić information content (AvgIpc) is 2.46. The Bertz CT molecular complexity index is 472. The number of nitriles is 1. The van der Waals surface area contributed by atoms with Crippen LogP contribution in [0.3, 0.4) is 0 Å². The lowest BCUT2D eigenvalue weighted by Gasteiger charge is -2.31. The zero-order valence-electron chi connectivity index (χ0n) is 10.6. The number of carbonyl (C=O) groups is 1. The highest BCUT2D eigenvalue weighted by atomic mass is 16.2. The first-order valence-corrected chi connectivity index (χ1v) is 6.26. The van der Waals surface area contributed by atoms with E-state index in [0.717, 1.165) is 25.9 Å². The highest BCUT2D eigenvalue weighted by Crippen LogP contribution is 2.20. The number of benzene rings is 1. The Morgan fingerprint density at radius 1 is 1.28 bits per heavy atom. The molecule has 2 amide bonds. The zero-order chi connectivity index (χ0) is 13.0. The molecule has 4 heteroatoms. The number of piperidine rings is 1. The first-order chi connectivity index (χ1) is 8.74. The predicted octanol–water partition coefficient (Wildman–Crippen LogP) is 2.60. The molecule has 0 spiro atoms. The first kappa shape index (κ1) is 12.4. The molecule has 0 atom stereocenters. The van der Waals surface area contributed by atoms with Crippen molar-refractivity contribution in [2.24, 2.45) is 0 Å². The Balaban J connectivity index is 2.17. The number of urea groups is 1. The van der Waals surface area contributed by atoms with Gasteiger partial charge in [-0.15, -0.1) is 0 Å². The predicted molar refractivity (Wildman–Crippen MR) is 70.4 cm³/mol. The molecule has 4 nitrogen and oxygen atoms in total. The standard InChI is InChI=1S/C14H17N3O/c1-16(13-8-4-3-7-12(13)11-15)14(18)17-9-5-2-6-10-17/h3-4,7-8H,2,5-6,9-10H2,1H3. The minimum absolute atomic E-state index is 0.0163. The molecule has 1 saturated heterocycles. The second-order valence-electron chi connectivity index (χ2n) is 4.52. The zero-order valence-corrected chi connectivity index (χ0v) is 10.6. The topological polar surface area (TPSA) is 47.3 Å². The third-order valence-electron chi connectivity index (χ3n) is 3.30. The van der Waals surface area contributed by atoms with E-state index in [1.807, 2.05) is 11.0 Å². The van der Waals surface area contributed by atoms with Crippen LogP contribution in [0.15, 0.2) is 24.3 Å². The molecule has 18 heavy (non-hydrogen) atoms. The average molecular weight is 243 g/mol. The van der Waals surface area contributed by atoms with Gasteiger partial charge in [0.2, 0.25) is 0 Å². The number of amides is 2. The van der Waals surface area contributed by atoms with Crippen molar-refractivity contribution >= 4 is 11.7 Å². The van der Waals surface area contributed by atoms with Gasteiger partial charge in [0.05, 0.1) is 11.3 Å². The number of hydrogen-bond acceptors (Lipinski definition) is 2. The van der Waals surface area contributed by atoms with Crippen LogP contribution in [-0.2, 0) is 0 Å². The lowest BCUT2D eigenvalue weighted by molar-refractivity contribution is 0.194. The van der Waals surface area contributed by atoms with Gasteiger partial charge in [0.25, 0.3) is 0 Å². The number of rotatable bonds is 1. The molecule has 0 radical (unpaired) electrons. The van der Waals surface area contributed by atoms with E-state index in [9.17, 15) is 4.79 Å². The number of carbonyl (C=O) groups excluding carboxylic acids is 1. The van der Waals surface area contributed by atoms with Crippen LogP contribution in [-0.4, -0.2) is 31.1 Å². The molecule has 94 valence electrons. The fourth-order valence-corrected chi connectivity index (χ4v) is 2.26. The van der Waals surface area contributed by atoms with Crippen molar-refractivity contribution < 1.29 is 4.79 Å². The number of para-hydroxylation sites is 1. The fraction of sp³-hybridized carbons (Fsp3) is 0.429. The van der Waals surface area contributed by atoms with Crippen molar-refractivity contribution in [2.75, 3.05) is 25.0 Å². The molecule has 1 fully saturated rings. The fourth-order valence-electron chi connectivity index (χ4n) is 2.26. The largest absolute Gasteiger partial charge is 0.324 e. The Hall–Kier alpha value is -2.02. The normalized spacial score (nSPS) is 15.0. The Labute approximate surface area is 107 Å². The number of likely N-dealkylation sites (tertiary alicyclic amines) is 1. The van der Waals surface area contributed by atoms with Crippen LogP contribution in [0.5, 0.6) is 0 Å². The van der Waals surface area contributed by atoms with E-state index in [2.05, 4.69) is 6.07 Å². The van der Waals surface area contributed by atoms with Gasteiger partial charge in [-0.2, -0.15) is 5.26 Å². The minimum atomic E-state index is -0.0163. The Kier molecular flexibility index (Phi) is 3.83. The summed E-state index contributed by atoms with van der Waals surface area (Å²) in [4.78, 5) is 15.7. The maximum atomic E-state index is 12.3. The van der Waals surface area contributed by atoms with E-state index in [4.69, 9.17) is 5.26 Å². The van der Waals surface area contributed by atoms with Gasteiger partial charge in [-0.3, -0.25) is 4.90 Å². The molecule has 0 N–H and O–H groups in total. The van der Waals surface area contributed by atoms with Gasteiger partial charge in [0.1, 0.15) is 6.07 Å². The van der Waals surface area contributed by atoms with Crippen molar-refractivity contribution in [2.45, 2.75) is 19.3 Å². The SMILES string of the molecule is CN(C(=O)N1CCCCC1)c1ccccc1C#N. The third kappa shape index (κ3) is 2.45. The van der Waals surface area contributed by atoms with Crippen LogP contribution in [0.25, 0.3) is 0 Å². The smallest absolute Gasteiger partial charge is 0.324 e. The molecular formula is C14H17N3O. The van der Waals surface area contributed by atoms with Crippen molar-refractivity contribution in [3.05, 3.63) is 29.8 Å². The van der Waals surface area contributed by atoms with Gasteiger partial charge >= 0.3 is 6.03 Å². The van der Waals surface area contributed by atoms with Crippen molar-refractivity contribution in [3.8, 4) is 6.07 Å². The molecule has 1 heterocycles. The van der Waals surface area contributed by atoms with Crippen molar-refractivity contribution in [1.29, 1.82) is 5.26 Å². The van der Waals surface area contributed by atoms with Crippen LogP contribution < -0.4 is 4.90 Å². The lowest BCUT2D eigenvalue weighted by atomic mass is 10.1. The number of anilines is 1. The van der Waals surface area contributed by atoms with Crippen LogP contribution in [0.4, 0.5) is 10.5 Å². The monoisotopic (exact) mass is 243 g/mol. The summed E-state index contributed by atoms with van der Waals surface area (Å²) in [6.07, 6.45) is 3.33. The number of nitrogens with zero attached hydrogens (tertiary/aromatic N) is 3. The van der Waals surface area contributed by atoms with E-state index in [1.54, 1.807) is 30.1 Å². The summed E-state index contributed by atoms with van der Waals surface area (Å²) < 4.78 is 0. The van der Waals surface area contributed by atoms with Crippen LogP contribution in [0.1, 0.15) is 24.8 Å². The summed E-state index contributed by atoms with van der Waals surface area (Å²) in [5.74, 6) is 0. The highest BCUT2D eigenvalue weighted by molar-refractivity contribution is 5.92. The molecular weight excluding hydrogens is 226 g/mol. The molecule has 1 aliphatic heterocycles.